The van der Waals surface area contributed by atoms with E-state index in [9.17, 15) is 4.79 Å². The summed E-state index contributed by atoms with van der Waals surface area (Å²) in [6.45, 7) is 2.44. The lowest BCUT2D eigenvalue weighted by Gasteiger charge is -2.27. The molecule has 0 unspecified atom stereocenters. The van der Waals surface area contributed by atoms with Crippen molar-refractivity contribution in [2.45, 2.75) is 0 Å². The lowest BCUT2D eigenvalue weighted by atomic mass is 10.1. The van der Waals surface area contributed by atoms with Crippen molar-refractivity contribution in [2.75, 3.05) is 38.7 Å². The minimum absolute atomic E-state index is 0.0197. The predicted octanol–water partition coefficient (Wildman–Crippen LogP) is 2.91. The van der Waals surface area contributed by atoms with Crippen molar-refractivity contribution in [1.29, 1.82) is 0 Å². The first-order valence-electron chi connectivity index (χ1n) is 7.65. The van der Waals surface area contributed by atoms with Crippen LogP contribution in [0.25, 0.3) is 0 Å². The van der Waals surface area contributed by atoms with E-state index in [-0.39, 0.29) is 5.91 Å². The van der Waals surface area contributed by atoms with Crippen molar-refractivity contribution in [2.24, 2.45) is 0 Å². The Hall–Kier alpha value is -2.53. The highest BCUT2D eigenvalue weighted by atomic mass is 16.5. The molecule has 5 nitrogen and oxygen atoms in total. The highest BCUT2D eigenvalue weighted by Crippen LogP contribution is 2.29. The molecule has 23 heavy (non-hydrogen) atoms. The van der Waals surface area contributed by atoms with E-state index in [0.29, 0.717) is 31.9 Å². The van der Waals surface area contributed by atoms with Gasteiger partial charge >= 0.3 is 0 Å². The molecular weight excluding hydrogens is 292 g/mol. The van der Waals surface area contributed by atoms with Gasteiger partial charge < -0.3 is 19.7 Å². The summed E-state index contributed by atoms with van der Waals surface area (Å²) in [6.07, 6.45) is 0. The molecule has 1 amide bonds. The normalized spacial score (nSPS) is 14.4. The first-order chi connectivity index (χ1) is 11.3. The van der Waals surface area contributed by atoms with Gasteiger partial charge in [0.05, 0.1) is 37.3 Å². The minimum Gasteiger partial charge on any atom is -0.495 e. The number of nitrogens with zero attached hydrogens (tertiary/aromatic N) is 1. The average molecular weight is 312 g/mol. The summed E-state index contributed by atoms with van der Waals surface area (Å²) in [6, 6.07) is 15.2. The molecule has 1 heterocycles. The number of ether oxygens (including phenoxy) is 2. The molecule has 0 saturated carbocycles. The number of nitrogens with one attached hydrogen (secondary N) is 1. The molecule has 0 radical (unpaired) electrons. The van der Waals surface area contributed by atoms with Crippen LogP contribution in [0.15, 0.2) is 48.5 Å². The number of hydrogen-bond donors (Lipinski definition) is 1. The van der Waals surface area contributed by atoms with Crippen LogP contribution in [0.5, 0.6) is 5.75 Å². The predicted molar refractivity (Wildman–Crippen MR) is 89.4 cm³/mol. The lowest BCUT2D eigenvalue weighted by molar-refractivity contribution is 0.0303. The maximum atomic E-state index is 12.8. The molecule has 1 saturated heterocycles. The Morgan fingerprint density at radius 3 is 2.43 bits per heavy atom. The van der Waals surface area contributed by atoms with Crippen LogP contribution in [0.3, 0.4) is 0 Å². The molecule has 5 heteroatoms. The van der Waals surface area contributed by atoms with E-state index in [1.807, 2.05) is 53.4 Å². The third-order valence-electron chi connectivity index (χ3n) is 3.83. The summed E-state index contributed by atoms with van der Waals surface area (Å²) < 4.78 is 10.7. The van der Waals surface area contributed by atoms with Gasteiger partial charge in [0.15, 0.2) is 0 Å². The summed E-state index contributed by atoms with van der Waals surface area (Å²) >= 11 is 0. The SMILES string of the molecule is COc1ccccc1Nc1ccccc1C(=O)N1CCOCC1. The third-order valence-corrected chi connectivity index (χ3v) is 3.83. The monoisotopic (exact) mass is 312 g/mol. The van der Waals surface area contributed by atoms with E-state index in [4.69, 9.17) is 9.47 Å². The zero-order valence-electron chi connectivity index (χ0n) is 13.1. The van der Waals surface area contributed by atoms with Gasteiger partial charge in [0.1, 0.15) is 5.75 Å². The molecule has 3 rings (SSSR count). The molecule has 1 aliphatic heterocycles. The van der Waals surface area contributed by atoms with E-state index < -0.39 is 0 Å². The Bertz CT molecular complexity index is 681. The van der Waals surface area contributed by atoms with Crippen molar-refractivity contribution in [3.8, 4) is 5.75 Å². The first kappa shape index (κ1) is 15.4. The Morgan fingerprint density at radius 2 is 1.70 bits per heavy atom. The average Bonchev–Trinajstić information content (AvgIpc) is 2.63. The van der Waals surface area contributed by atoms with Gasteiger partial charge in [-0.05, 0) is 24.3 Å². The van der Waals surface area contributed by atoms with Crippen LogP contribution < -0.4 is 10.1 Å². The summed E-state index contributed by atoms with van der Waals surface area (Å²) in [5.74, 6) is 0.757. The Balaban J connectivity index is 1.87. The molecular formula is C18H20N2O3. The lowest BCUT2D eigenvalue weighted by Crippen LogP contribution is -2.40. The molecule has 0 aliphatic carbocycles. The zero-order chi connectivity index (χ0) is 16.1. The highest BCUT2D eigenvalue weighted by molar-refractivity contribution is 6.00. The van der Waals surface area contributed by atoms with Gasteiger partial charge in [0, 0.05) is 13.1 Å². The van der Waals surface area contributed by atoms with Crippen LogP contribution in [0.1, 0.15) is 10.4 Å². The van der Waals surface area contributed by atoms with Crippen molar-refractivity contribution < 1.29 is 14.3 Å². The second-order valence-electron chi connectivity index (χ2n) is 5.28. The summed E-state index contributed by atoms with van der Waals surface area (Å²) in [5.41, 5.74) is 2.26. The van der Waals surface area contributed by atoms with E-state index in [0.717, 1.165) is 17.1 Å². The van der Waals surface area contributed by atoms with Gasteiger partial charge in [-0.3, -0.25) is 4.79 Å². The molecule has 2 aromatic rings. The van der Waals surface area contributed by atoms with Crippen molar-refractivity contribution in [3.05, 3.63) is 54.1 Å². The smallest absolute Gasteiger partial charge is 0.256 e. The van der Waals surface area contributed by atoms with Crippen LogP contribution in [0, 0.1) is 0 Å². The quantitative estimate of drug-likeness (QED) is 0.943. The number of para-hydroxylation sites is 3. The second kappa shape index (κ2) is 7.15. The standard InChI is InChI=1S/C18H20N2O3/c1-22-17-9-5-4-8-16(17)19-15-7-3-2-6-14(15)18(21)20-10-12-23-13-11-20/h2-9,19H,10-13H2,1H3. The second-order valence-corrected chi connectivity index (χ2v) is 5.28. The molecule has 0 atom stereocenters. The molecule has 1 N–H and O–H groups in total. The fourth-order valence-corrected chi connectivity index (χ4v) is 2.61. The van der Waals surface area contributed by atoms with E-state index >= 15 is 0 Å². The van der Waals surface area contributed by atoms with Crippen LogP contribution in [-0.4, -0.2) is 44.2 Å². The van der Waals surface area contributed by atoms with E-state index in [1.54, 1.807) is 7.11 Å². The number of amides is 1. The maximum Gasteiger partial charge on any atom is 0.256 e. The van der Waals surface area contributed by atoms with Crippen LogP contribution in [-0.2, 0) is 4.74 Å². The molecule has 120 valence electrons. The molecule has 0 bridgehead atoms. The Kier molecular flexibility index (Phi) is 4.78. The first-order valence-corrected chi connectivity index (χ1v) is 7.65. The highest BCUT2D eigenvalue weighted by Gasteiger charge is 2.21. The molecule has 0 aromatic heterocycles. The Labute approximate surface area is 135 Å². The van der Waals surface area contributed by atoms with Gasteiger partial charge in [-0.25, -0.2) is 0 Å². The summed E-state index contributed by atoms with van der Waals surface area (Å²) in [5, 5.41) is 3.31. The fraction of sp³-hybridized carbons (Fsp3) is 0.278. The summed E-state index contributed by atoms with van der Waals surface area (Å²) in [7, 11) is 1.63. The van der Waals surface area contributed by atoms with Crippen molar-refractivity contribution in [1.82, 2.24) is 4.90 Å². The fourth-order valence-electron chi connectivity index (χ4n) is 2.61. The number of anilines is 2. The van der Waals surface area contributed by atoms with Crippen molar-refractivity contribution in [3.63, 3.8) is 0 Å². The van der Waals surface area contributed by atoms with Gasteiger partial charge in [0.2, 0.25) is 0 Å². The maximum absolute atomic E-state index is 12.8. The van der Waals surface area contributed by atoms with Gasteiger partial charge in [0.25, 0.3) is 5.91 Å². The van der Waals surface area contributed by atoms with Crippen LogP contribution >= 0.6 is 0 Å². The number of benzene rings is 2. The van der Waals surface area contributed by atoms with E-state index in [2.05, 4.69) is 5.32 Å². The topological polar surface area (TPSA) is 50.8 Å². The zero-order valence-corrected chi connectivity index (χ0v) is 13.1. The van der Waals surface area contributed by atoms with Gasteiger partial charge in [-0.2, -0.15) is 0 Å². The Morgan fingerprint density at radius 1 is 1.04 bits per heavy atom. The van der Waals surface area contributed by atoms with Crippen molar-refractivity contribution >= 4 is 17.3 Å². The summed E-state index contributed by atoms with van der Waals surface area (Å²) in [4.78, 5) is 14.6. The number of hydrogen-bond acceptors (Lipinski definition) is 4. The van der Waals surface area contributed by atoms with Crippen LogP contribution in [0.2, 0.25) is 0 Å². The minimum atomic E-state index is 0.0197. The number of carbonyl (C=O) groups is 1. The number of rotatable bonds is 4. The van der Waals surface area contributed by atoms with Gasteiger partial charge in [-0.1, -0.05) is 24.3 Å². The number of methoxy groups -OCH3 is 1. The molecule has 0 spiro atoms. The largest absolute Gasteiger partial charge is 0.495 e. The molecule has 2 aromatic carbocycles. The van der Waals surface area contributed by atoms with E-state index in [1.165, 1.54) is 0 Å². The van der Waals surface area contributed by atoms with Crippen LogP contribution in [0.4, 0.5) is 11.4 Å². The molecule has 1 fully saturated rings. The van der Waals surface area contributed by atoms with Gasteiger partial charge in [-0.15, -0.1) is 0 Å². The number of carbonyl (C=O) groups excluding carboxylic acids is 1. The third kappa shape index (κ3) is 3.46. The number of morpholine rings is 1. The molecule has 1 aliphatic rings.